The van der Waals surface area contributed by atoms with Crippen molar-refractivity contribution in [2.24, 2.45) is 0 Å². The number of tetrazole rings is 1. The summed E-state index contributed by atoms with van der Waals surface area (Å²) in [7, 11) is 0. The van der Waals surface area contributed by atoms with Crippen LogP contribution >= 0.6 is 11.6 Å². The first-order valence-corrected chi connectivity index (χ1v) is 9.81. The Morgan fingerprint density at radius 1 is 1.03 bits per heavy atom. The summed E-state index contributed by atoms with van der Waals surface area (Å²) in [5.74, 6) is 0.685. The number of carbonyl (C=O) groups is 1. The summed E-state index contributed by atoms with van der Waals surface area (Å²) in [4.78, 5) is 17.2. The van der Waals surface area contributed by atoms with E-state index in [0.29, 0.717) is 41.7 Å². The van der Waals surface area contributed by atoms with Crippen LogP contribution in [0.4, 0.5) is 0 Å². The topological polar surface area (TPSA) is 76.4 Å². The van der Waals surface area contributed by atoms with Crippen LogP contribution in [0.1, 0.15) is 10.4 Å². The van der Waals surface area contributed by atoms with Crippen molar-refractivity contribution in [2.45, 2.75) is 0 Å². The molecule has 1 aromatic heterocycles. The number of ether oxygens (including phenoxy) is 1. The van der Waals surface area contributed by atoms with Crippen molar-refractivity contribution in [3.8, 4) is 11.4 Å². The maximum absolute atomic E-state index is 13.0. The molecule has 0 spiro atoms. The Morgan fingerprint density at radius 2 is 1.79 bits per heavy atom. The van der Waals surface area contributed by atoms with E-state index in [0.717, 1.165) is 19.6 Å². The number of hydrogen-bond donors (Lipinski definition) is 0. The fourth-order valence-electron chi connectivity index (χ4n) is 3.32. The van der Waals surface area contributed by atoms with Gasteiger partial charge in [0.05, 0.1) is 16.3 Å². The van der Waals surface area contributed by atoms with Gasteiger partial charge in [-0.05, 0) is 34.7 Å². The lowest BCUT2D eigenvalue weighted by molar-refractivity contribution is 0.0620. The van der Waals surface area contributed by atoms with Crippen molar-refractivity contribution in [2.75, 3.05) is 39.3 Å². The van der Waals surface area contributed by atoms with E-state index in [9.17, 15) is 4.79 Å². The quantitative estimate of drug-likeness (QED) is 0.617. The number of piperazine rings is 1. The third-order valence-corrected chi connectivity index (χ3v) is 5.20. The van der Waals surface area contributed by atoms with Crippen LogP contribution in [0.25, 0.3) is 5.69 Å². The molecule has 1 fully saturated rings. The number of aromatic nitrogens is 4. The van der Waals surface area contributed by atoms with E-state index >= 15 is 0 Å². The summed E-state index contributed by atoms with van der Waals surface area (Å²) >= 11 is 6.11. The van der Waals surface area contributed by atoms with E-state index in [1.165, 1.54) is 11.0 Å². The Kier molecular flexibility index (Phi) is 6.02. The van der Waals surface area contributed by atoms with Crippen LogP contribution in [-0.4, -0.2) is 75.2 Å². The molecule has 1 aliphatic rings. The van der Waals surface area contributed by atoms with Crippen LogP contribution in [0.3, 0.4) is 0 Å². The van der Waals surface area contributed by atoms with Crippen molar-refractivity contribution in [1.82, 2.24) is 30.0 Å². The van der Waals surface area contributed by atoms with Crippen LogP contribution < -0.4 is 4.74 Å². The number of para-hydroxylation sites is 2. The lowest BCUT2D eigenvalue weighted by atomic mass is 10.1. The van der Waals surface area contributed by atoms with Gasteiger partial charge in [0.2, 0.25) is 0 Å². The molecule has 9 heteroatoms. The first-order chi connectivity index (χ1) is 14.2. The van der Waals surface area contributed by atoms with E-state index < -0.39 is 0 Å². The minimum atomic E-state index is -0.0110. The second-order valence-electron chi connectivity index (χ2n) is 6.68. The number of nitrogens with zero attached hydrogens (tertiary/aromatic N) is 6. The molecule has 0 atom stereocenters. The standard InChI is InChI=1S/C20H21ClN6O2/c21-17-6-2-4-8-19(17)29-14-13-25-9-11-26(12-10-25)20(28)16-5-1-3-7-18(16)27-15-22-23-24-27/h1-8,15H,9-14H2. The van der Waals surface area contributed by atoms with Crippen molar-refractivity contribution in [3.63, 3.8) is 0 Å². The number of amides is 1. The molecule has 4 rings (SSSR count). The van der Waals surface area contributed by atoms with Gasteiger partial charge in [0.1, 0.15) is 18.7 Å². The van der Waals surface area contributed by atoms with Gasteiger partial charge in [0.25, 0.3) is 5.91 Å². The predicted octanol–water partition coefficient (Wildman–Crippen LogP) is 2.15. The lowest BCUT2D eigenvalue weighted by Gasteiger charge is -2.34. The molecule has 1 aliphatic heterocycles. The fraction of sp³-hybridized carbons (Fsp3) is 0.300. The Balaban J connectivity index is 1.31. The first kappa shape index (κ1) is 19.4. The lowest BCUT2D eigenvalue weighted by Crippen LogP contribution is -2.49. The zero-order valence-corrected chi connectivity index (χ0v) is 16.6. The molecular weight excluding hydrogens is 392 g/mol. The smallest absolute Gasteiger partial charge is 0.256 e. The van der Waals surface area contributed by atoms with Gasteiger partial charge in [-0.15, -0.1) is 5.10 Å². The van der Waals surface area contributed by atoms with Gasteiger partial charge >= 0.3 is 0 Å². The number of hydrogen-bond acceptors (Lipinski definition) is 6. The van der Waals surface area contributed by atoms with Crippen LogP contribution in [0.2, 0.25) is 5.02 Å². The molecule has 0 N–H and O–H groups in total. The molecule has 0 bridgehead atoms. The molecule has 8 nitrogen and oxygen atoms in total. The molecule has 1 amide bonds. The first-order valence-electron chi connectivity index (χ1n) is 9.44. The monoisotopic (exact) mass is 412 g/mol. The molecule has 29 heavy (non-hydrogen) atoms. The minimum absolute atomic E-state index is 0.0110. The SMILES string of the molecule is O=C(c1ccccc1-n1cnnn1)N1CCN(CCOc2ccccc2Cl)CC1. The van der Waals surface area contributed by atoms with Crippen LogP contribution in [0.15, 0.2) is 54.9 Å². The Labute approximate surface area is 173 Å². The van der Waals surface area contributed by atoms with Crippen molar-refractivity contribution < 1.29 is 9.53 Å². The predicted molar refractivity (Wildman–Crippen MR) is 108 cm³/mol. The summed E-state index contributed by atoms with van der Waals surface area (Å²) in [6.07, 6.45) is 1.49. The van der Waals surface area contributed by atoms with Gasteiger partial charge in [-0.1, -0.05) is 35.9 Å². The number of rotatable bonds is 6. The molecule has 1 saturated heterocycles. The highest BCUT2D eigenvalue weighted by molar-refractivity contribution is 6.32. The second-order valence-corrected chi connectivity index (χ2v) is 7.09. The molecule has 2 aromatic carbocycles. The van der Waals surface area contributed by atoms with Gasteiger partial charge < -0.3 is 9.64 Å². The number of carbonyl (C=O) groups excluding carboxylic acids is 1. The van der Waals surface area contributed by atoms with Crippen molar-refractivity contribution in [3.05, 3.63) is 65.4 Å². The largest absolute Gasteiger partial charge is 0.491 e. The Bertz CT molecular complexity index is 957. The van der Waals surface area contributed by atoms with Gasteiger partial charge in [0.15, 0.2) is 0 Å². The van der Waals surface area contributed by atoms with Gasteiger partial charge in [-0.3, -0.25) is 9.69 Å². The van der Waals surface area contributed by atoms with E-state index in [1.807, 2.05) is 53.4 Å². The maximum Gasteiger partial charge on any atom is 0.256 e. The third kappa shape index (κ3) is 4.55. The summed E-state index contributed by atoms with van der Waals surface area (Å²) in [5.41, 5.74) is 1.27. The van der Waals surface area contributed by atoms with Crippen LogP contribution in [-0.2, 0) is 0 Å². The summed E-state index contributed by atoms with van der Waals surface area (Å²) < 4.78 is 7.27. The zero-order chi connectivity index (χ0) is 20.1. The second kappa shape index (κ2) is 9.02. The summed E-state index contributed by atoms with van der Waals surface area (Å²) in [6, 6.07) is 14.8. The average molecular weight is 413 g/mol. The van der Waals surface area contributed by atoms with Crippen LogP contribution in [0.5, 0.6) is 5.75 Å². The number of halogens is 1. The fourth-order valence-corrected chi connectivity index (χ4v) is 3.51. The van der Waals surface area contributed by atoms with Gasteiger partial charge in [-0.2, -0.15) is 4.68 Å². The highest BCUT2D eigenvalue weighted by Gasteiger charge is 2.24. The van der Waals surface area contributed by atoms with E-state index in [2.05, 4.69) is 20.4 Å². The van der Waals surface area contributed by atoms with E-state index in [-0.39, 0.29) is 5.91 Å². The highest BCUT2D eigenvalue weighted by Crippen LogP contribution is 2.23. The molecule has 3 aromatic rings. The molecule has 0 saturated carbocycles. The Hall–Kier alpha value is -2.97. The molecule has 2 heterocycles. The van der Waals surface area contributed by atoms with Crippen LogP contribution in [0, 0.1) is 0 Å². The molecule has 0 radical (unpaired) electrons. The molecule has 0 unspecified atom stereocenters. The molecule has 0 aliphatic carbocycles. The minimum Gasteiger partial charge on any atom is -0.491 e. The summed E-state index contributed by atoms with van der Waals surface area (Å²) in [6.45, 7) is 4.26. The van der Waals surface area contributed by atoms with Crippen molar-refractivity contribution in [1.29, 1.82) is 0 Å². The average Bonchev–Trinajstić information content (AvgIpc) is 3.30. The Morgan fingerprint density at radius 3 is 2.55 bits per heavy atom. The van der Waals surface area contributed by atoms with Gasteiger partial charge in [-0.25, -0.2) is 0 Å². The van der Waals surface area contributed by atoms with Gasteiger partial charge in [0, 0.05) is 32.7 Å². The normalized spacial score (nSPS) is 14.7. The molecular formula is C20H21ClN6O2. The zero-order valence-electron chi connectivity index (χ0n) is 15.8. The van der Waals surface area contributed by atoms with Crippen molar-refractivity contribution >= 4 is 17.5 Å². The summed E-state index contributed by atoms with van der Waals surface area (Å²) in [5, 5.41) is 11.8. The van der Waals surface area contributed by atoms with E-state index in [1.54, 1.807) is 0 Å². The molecule has 150 valence electrons. The third-order valence-electron chi connectivity index (χ3n) is 4.89. The number of benzene rings is 2. The highest BCUT2D eigenvalue weighted by atomic mass is 35.5. The van der Waals surface area contributed by atoms with E-state index in [4.69, 9.17) is 16.3 Å². The maximum atomic E-state index is 13.0.